The second-order valence-corrected chi connectivity index (χ2v) is 5.80. The molecule has 1 fully saturated rings. The standard InChI is InChI=1S/C14H20ClNO9/c1-6(17)16-14(21)12(24-9(4)20)11(23-8(3)19)10(25-13(14)15)5-22-7(2)18/h10-13,21H,5H2,1-4H3,(H,16,17)/t10-,11-,12+,13+,14-/m1/s1. The summed E-state index contributed by atoms with van der Waals surface area (Å²) in [6, 6.07) is 0. The molecule has 0 saturated carbocycles. The van der Waals surface area contributed by atoms with E-state index in [1.165, 1.54) is 0 Å². The molecule has 1 rings (SSSR count). The van der Waals surface area contributed by atoms with Crippen LogP contribution in [0.1, 0.15) is 27.7 Å². The van der Waals surface area contributed by atoms with Crippen LogP contribution in [-0.4, -0.2) is 65.1 Å². The first-order valence-corrected chi connectivity index (χ1v) is 7.69. The van der Waals surface area contributed by atoms with Crippen LogP contribution < -0.4 is 5.32 Å². The van der Waals surface area contributed by atoms with Crippen molar-refractivity contribution >= 4 is 35.4 Å². The van der Waals surface area contributed by atoms with E-state index in [0.717, 1.165) is 27.7 Å². The highest BCUT2D eigenvalue weighted by Gasteiger charge is 2.59. The minimum Gasteiger partial charge on any atom is -0.463 e. The van der Waals surface area contributed by atoms with Gasteiger partial charge in [0.25, 0.3) is 0 Å². The van der Waals surface area contributed by atoms with Crippen LogP contribution in [0.3, 0.4) is 0 Å². The Kier molecular flexibility index (Phi) is 7.15. The first-order valence-electron chi connectivity index (χ1n) is 7.25. The largest absolute Gasteiger partial charge is 0.463 e. The number of halogens is 1. The number of hydrogen-bond donors (Lipinski definition) is 2. The monoisotopic (exact) mass is 381 g/mol. The highest BCUT2D eigenvalue weighted by molar-refractivity contribution is 6.20. The van der Waals surface area contributed by atoms with Crippen molar-refractivity contribution < 1.29 is 43.2 Å². The Hall–Kier alpha value is -1.91. The van der Waals surface area contributed by atoms with Crippen molar-refractivity contribution in [2.45, 2.75) is 57.3 Å². The number of carbonyl (C=O) groups excluding carboxylic acids is 4. The average molecular weight is 382 g/mol. The fraction of sp³-hybridized carbons (Fsp3) is 0.714. The second-order valence-electron chi connectivity index (χ2n) is 5.40. The molecule has 0 bridgehead atoms. The zero-order chi connectivity index (χ0) is 19.4. The molecule has 0 aromatic heterocycles. The molecule has 25 heavy (non-hydrogen) atoms. The number of nitrogens with one attached hydrogen (secondary N) is 1. The van der Waals surface area contributed by atoms with Gasteiger partial charge in [-0.25, -0.2) is 0 Å². The first kappa shape index (κ1) is 21.1. The van der Waals surface area contributed by atoms with Gasteiger partial charge in [0, 0.05) is 27.7 Å². The Bertz CT molecular complexity index is 554. The van der Waals surface area contributed by atoms with Gasteiger partial charge in [-0.15, -0.1) is 0 Å². The number of aliphatic hydroxyl groups is 1. The van der Waals surface area contributed by atoms with E-state index in [2.05, 4.69) is 5.32 Å². The van der Waals surface area contributed by atoms with E-state index >= 15 is 0 Å². The Morgan fingerprint density at radius 2 is 1.64 bits per heavy atom. The molecule has 2 N–H and O–H groups in total. The van der Waals surface area contributed by atoms with E-state index in [1.54, 1.807) is 0 Å². The third-order valence-corrected chi connectivity index (χ3v) is 3.60. The molecule has 11 heteroatoms. The first-order chi connectivity index (χ1) is 11.5. The molecule has 1 aliphatic rings. The summed E-state index contributed by atoms with van der Waals surface area (Å²) in [5.41, 5.74) is -3.97. The fourth-order valence-corrected chi connectivity index (χ4v) is 2.63. The van der Waals surface area contributed by atoms with Crippen molar-refractivity contribution in [3.63, 3.8) is 0 Å². The van der Waals surface area contributed by atoms with E-state index in [9.17, 15) is 24.3 Å². The smallest absolute Gasteiger partial charge is 0.303 e. The number of carbonyl (C=O) groups is 4. The molecule has 142 valence electrons. The van der Waals surface area contributed by atoms with E-state index < -0.39 is 53.4 Å². The predicted octanol–water partition coefficient (Wildman–Crippen LogP) is -0.799. The zero-order valence-electron chi connectivity index (χ0n) is 14.1. The van der Waals surface area contributed by atoms with Crippen molar-refractivity contribution in [3.8, 4) is 0 Å². The molecular formula is C14H20ClNO9. The van der Waals surface area contributed by atoms with E-state index in [1.807, 2.05) is 0 Å². The molecule has 1 amide bonds. The van der Waals surface area contributed by atoms with Crippen LogP contribution in [0, 0.1) is 0 Å². The van der Waals surface area contributed by atoms with Crippen molar-refractivity contribution in [1.29, 1.82) is 0 Å². The van der Waals surface area contributed by atoms with Crippen LogP contribution in [0.15, 0.2) is 0 Å². The van der Waals surface area contributed by atoms with Gasteiger partial charge in [0.15, 0.2) is 17.8 Å². The van der Waals surface area contributed by atoms with E-state index in [0.29, 0.717) is 0 Å². The third-order valence-electron chi connectivity index (χ3n) is 3.16. The van der Waals surface area contributed by atoms with Gasteiger partial charge in [-0.05, 0) is 0 Å². The van der Waals surface area contributed by atoms with Gasteiger partial charge in [-0.2, -0.15) is 0 Å². The van der Waals surface area contributed by atoms with Crippen molar-refractivity contribution in [3.05, 3.63) is 0 Å². The lowest BCUT2D eigenvalue weighted by atomic mass is 9.93. The molecule has 0 spiro atoms. The zero-order valence-corrected chi connectivity index (χ0v) is 14.9. The number of hydrogen-bond acceptors (Lipinski definition) is 9. The number of ether oxygens (including phenoxy) is 4. The number of alkyl halides is 1. The summed E-state index contributed by atoms with van der Waals surface area (Å²) in [6.07, 6.45) is -4.14. The molecule has 0 aromatic carbocycles. The molecule has 1 heterocycles. The normalized spacial score (nSPS) is 31.6. The molecule has 10 nitrogen and oxygen atoms in total. The lowest BCUT2D eigenvalue weighted by Gasteiger charge is -2.48. The molecule has 1 aliphatic heterocycles. The van der Waals surface area contributed by atoms with E-state index in [4.69, 9.17) is 30.5 Å². The second kappa shape index (κ2) is 8.45. The van der Waals surface area contributed by atoms with Crippen LogP contribution in [-0.2, 0) is 38.1 Å². The molecule has 5 atom stereocenters. The molecular weight excluding hydrogens is 362 g/mol. The Labute approximate surface area is 148 Å². The van der Waals surface area contributed by atoms with E-state index in [-0.39, 0.29) is 6.61 Å². The van der Waals surface area contributed by atoms with Crippen LogP contribution in [0.4, 0.5) is 0 Å². The molecule has 0 unspecified atom stereocenters. The maximum absolute atomic E-state index is 11.4. The van der Waals surface area contributed by atoms with Crippen LogP contribution in [0.5, 0.6) is 0 Å². The van der Waals surface area contributed by atoms with Gasteiger partial charge in [-0.3, -0.25) is 19.2 Å². The van der Waals surface area contributed by atoms with Crippen LogP contribution in [0.25, 0.3) is 0 Å². The van der Waals surface area contributed by atoms with Gasteiger partial charge in [-0.1, -0.05) is 11.6 Å². The number of amides is 1. The minimum atomic E-state index is -2.38. The summed E-state index contributed by atoms with van der Waals surface area (Å²) in [4.78, 5) is 45.3. The topological polar surface area (TPSA) is 137 Å². The summed E-state index contributed by atoms with van der Waals surface area (Å²) in [5, 5.41) is 12.9. The predicted molar refractivity (Wildman–Crippen MR) is 81.0 cm³/mol. The third kappa shape index (κ3) is 5.55. The lowest BCUT2D eigenvalue weighted by molar-refractivity contribution is -0.273. The number of esters is 3. The van der Waals surface area contributed by atoms with Crippen molar-refractivity contribution in [2.75, 3.05) is 6.61 Å². The van der Waals surface area contributed by atoms with Crippen LogP contribution in [0.2, 0.25) is 0 Å². The van der Waals surface area contributed by atoms with Gasteiger partial charge >= 0.3 is 17.9 Å². The molecule has 1 saturated heterocycles. The van der Waals surface area contributed by atoms with Gasteiger partial charge in [0.05, 0.1) is 0 Å². The highest BCUT2D eigenvalue weighted by Crippen LogP contribution is 2.34. The summed E-state index contributed by atoms with van der Waals surface area (Å²) >= 11 is 6.00. The van der Waals surface area contributed by atoms with Crippen LogP contribution >= 0.6 is 11.6 Å². The summed E-state index contributed by atoms with van der Waals surface area (Å²) in [6.45, 7) is 4.00. The fourth-order valence-electron chi connectivity index (χ4n) is 2.32. The maximum Gasteiger partial charge on any atom is 0.303 e. The lowest BCUT2D eigenvalue weighted by Crippen LogP contribution is -2.73. The quantitative estimate of drug-likeness (QED) is 0.271. The van der Waals surface area contributed by atoms with Gasteiger partial charge in [0.2, 0.25) is 11.6 Å². The number of rotatable bonds is 5. The van der Waals surface area contributed by atoms with Gasteiger partial charge < -0.3 is 29.4 Å². The summed E-state index contributed by atoms with van der Waals surface area (Å²) in [7, 11) is 0. The Balaban J connectivity index is 3.26. The highest BCUT2D eigenvalue weighted by atomic mass is 35.5. The summed E-state index contributed by atoms with van der Waals surface area (Å²) in [5.74, 6) is -2.95. The summed E-state index contributed by atoms with van der Waals surface area (Å²) < 4.78 is 20.3. The maximum atomic E-state index is 11.4. The van der Waals surface area contributed by atoms with Crippen molar-refractivity contribution in [2.24, 2.45) is 0 Å². The van der Waals surface area contributed by atoms with Gasteiger partial charge in [0.1, 0.15) is 12.7 Å². The van der Waals surface area contributed by atoms with Crippen molar-refractivity contribution in [1.82, 2.24) is 5.32 Å². The molecule has 0 aromatic rings. The SMILES string of the molecule is CC(=O)N[C@]1(O)[C@@H](Cl)O[C@H](COC(C)=O)[C@@H](OC(C)=O)[C@@H]1OC(C)=O. The Morgan fingerprint density at radius 1 is 1.08 bits per heavy atom. The molecule has 0 radical (unpaired) electrons. The average Bonchev–Trinajstić information content (AvgIpc) is 2.44. The molecule has 0 aliphatic carbocycles. The minimum absolute atomic E-state index is 0.385. The Morgan fingerprint density at radius 3 is 2.08 bits per heavy atom.